The number of nitrogens with zero attached hydrogens (tertiary/aromatic N) is 4. The van der Waals surface area contributed by atoms with Crippen molar-refractivity contribution in [2.24, 2.45) is 0 Å². The Balaban J connectivity index is 1.31. The molecular weight excluding hydrogens is 863 g/mol. The molecule has 0 fully saturated rings. The van der Waals surface area contributed by atoms with E-state index in [1.807, 2.05) is 0 Å². The third-order valence-electron chi connectivity index (χ3n) is 10.1. The first-order valence-corrected chi connectivity index (χ1v) is 24.1. The Morgan fingerprint density at radius 2 is 1.49 bits per heavy atom. The maximum absolute atomic E-state index is 14.2. The first kappa shape index (κ1) is 48.6. The van der Waals surface area contributed by atoms with Crippen molar-refractivity contribution < 1.29 is 38.6 Å². The first-order valence-electron chi connectivity index (χ1n) is 21.3. The maximum atomic E-state index is 14.2. The number of nitro benzene ring substituents is 1. The van der Waals surface area contributed by atoms with E-state index in [0.29, 0.717) is 60.9 Å². The largest absolute Gasteiger partial charge is 0.506 e. The quantitative estimate of drug-likeness (QED) is 0.0176. The zero-order chi connectivity index (χ0) is 45.0. The number of phenolic OH excluding ortho intramolecular Hbond substituents is 1. The van der Waals surface area contributed by atoms with Crippen LogP contribution >= 0.6 is 34.9 Å². The molecule has 5 aromatic rings. The molecule has 17 heteroatoms. The second-order valence-electron chi connectivity index (χ2n) is 14.7. The highest BCUT2D eigenvalue weighted by Gasteiger charge is 2.26. The molecule has 0 aliphatic heterocycles. The van der Waals surface area contributed by atoms with Gasteiger partial charge in [-0.2, -0.15) is 0 Å². The van der Waals surface area contributed by atoms with Gasteiger partial charge >= 0.3 is 17.7 Å². The van der Waals surface area contributed by atoms with Crippen LogP contribution in [0.1, 0.15) is 107 Å². The van der Waals surface area contributed by atoms with Crippen molar-refractivity contribution in [2.75, 3.05) is 36.2 Å². The van der Waals surface area contributed by atoms with Crippen molar-refractivity contribution in [3.05, 3.63) is 94.0 Å². The summed E-state index contributed by atoms with van der Waals surface area (Å²) in [6.07, 6.45) is 12.8. The van der Waals surface area contributed by atoms with Crippen molar-refractivity contribution >= 4 is 80.7 Å². The number of aromatic hydroxyl groups is 1. The Hall–Kier alpha value is -5.39. The fourth-order valence-electron chi connectivity index (χ4n) is 6.92. The molecule has 336 valence electrons. The fourth-order valence-corrected chi connectivity index (χ4v) is 9.68. The Labute approximate surface area is 380 Å². The van der Waals surface area contributed by atoms with Crippen LogP contribution in [0.25, 0.3) is 10.8 Å². The van der Waals surface area contributed by atoms with Crippen molar-refractivity contribution in [1.29, 1.82) is 0 Å². The van der Waals surface area contributed by atoms with Crippen molar-refractivity contribution in [3.8, 4) is 17.2 Å². The predicted molar refractivity (Wildman–Crippen MR) is 251 cm³/mol. The topological polar surface area (TPSA) is 183 Å². The molecule has 0 bridgehead atoms. The summed E-state index contributed by atoms with van der Waals surface area (Å²) in [6.45, 7) is 4.51. The molecule has 4 aromatic carbocycles. The molecule has 1 heterocycles. The summed E-state index contributed by atoms with van der Waals surface area (Å²) in [5, 5.41) is 35.7. The van der Waals surface area contributed by atoms with Gasteiger partial charge in [0.15, 0.2) is 8.68 Å². The minimum Gasteiger partial charge on any atom is -0.506 e. The monoisotopic (exact) mass is 917 g/mol. The summed E-state index contributed by atoms with van der Waals surface area (Å²) in [5.41, 5.74) is 1.10. The van der Waals surface area contributed by atoms with Gasteiger partial charge in [0.1, 0.15) is 11.5 Å². The molecule has 0 saturated carbocycles. The summed E-state index contributed by atoms with van der Waals surface area (Å²) < 4.78 is 17.4. The van der Waals surface area contributed by atoms with Gasteiger partial charge in [-0.05, 0) is 49.2 Å². The number of nitrogens with one attached hydrogen (secondary N) is 1. The van der Waals surface area contributed by atoms with Gasteiger partial charge in [0.05, 0.1) is 41.3 Å². The van der Waals surface area contributed by atoms with Gasteiger partial charge in [0.25, 0.3) is 5.91 Å². The van der Waals surface area contributed by atoms with Crippen molar-refractivity contribution in [3.63, 3.8) is 0 Å². The molecule has 2 N–H and O–H groups in total. The number of methoxy groups -OCH3 is 1. The Morgan fingerprint density at radius 3 is 2.17 bits per heavy atom. The number of nitro groups is 1. The van der Waals surface area contributed by atoms with Gasteiger partial charge in [-0.3, -0.25) is 24.6 Å². The third-order valence-corrected chi connectivity index (χ3v) is 13.4. The van der Waals surface area contributed by atoms with Crippen LogP contribution in [-0.2, 0) is 15.3 Å². The number of unbranched alkanes of at least 4 members (excludes halogenated alkanes) is 11. The fraction of sp³-hybridized carbons (Fsp3) is 0.413. The van der Waals surface area contributed by atoms with E-state index >= 15 is 0 Å². The summed E-state index contributed by atoms with van der Waals surface area (Å²) in [7, 11) is 1.50. The highest BCUT2D eigenvalue weighted by molar-refractivity contribution is 8.03. The number of anilines is 2. The molecule has 0 unspecified atom stereocenters. The zero-order valence-corrected chi connectivity index (χ0v) is 38.4. The number of carbonyl (C=O) groups excluding carboxylic acids is 3. The Kier molecular flexibility index (Phi) is 19.8. The summed E-state index contributed by atoms with van der Waals surface area (Å²) in [6, 6.07) is 19.6. The van der Waals surface area contributed by atoms with E-state index < -0.39 is 16.9 Å². The number of hydrogen-bond acceptors (Lipinski definition) is 14. The summed E-state index contributed by atoms with van der Waals surface area (Å²) in [5.74, 6) is -0.481. The minimum absolute atomic E-state index is 0.0222. The van der Waals surface area contributed by atoms with E-state index in [0.717, 1.165) is 25.7 Å². The van der Waals surface area contributed by atoms with Gasteiger partial charge in [-0.15, -0.1) is 10.2 Å². The SMILES string of the molecule is CCCCCCCCCCCCCCN(C(=O)Oc1ccc(CSc2nnc(SCC(=O)OCC)s2)cc1[N+](=O)[O-])c1cccc2c(O)c(C(=O)Nc3ccccc3OC)ccc12. The van der Waals surface area contributed by atoms with Gasteiger partial charge in [0, 0.05) is 29.1 Å². The molecular formula is C46H55N5O9S3. The van der Waals surface area contributed by atoms with Crippen LogP contribution in [0, 0.1) is 10.1 Å². The van der Waals surface area contributed by atoms with Crippen LogP contribution in [0.4, 0.5) is 21.9 Å². The van der Waals surface area contributed by atoms with E-state index in [9.17, 15) is 29.6 Å². The van der Waals surface area contributed by atoms with Crippen LogP contribution < -0.4 is 19.7 Å². The van der Waals surface area contributed by atoms with Crippen molar-refractivity contribution in [2.45, 2.75) is 105 Å². The number of fused-ring (bicyclic) bond motifs is 1. The highest BCUT2D eigenvalue weighted by Crippen LogP contribution is 2.38. The Morgan fingerprint density at radius 1 is 0.810 bits per heavy atom. The molecule has 0 radical (unpaired) electrons. The molecule has 1 aromatic heterocycles. The van der Waals surface area contributed by atoms with Crippen LogP contribution in [0.5, 0.6) is 17.2 Å². The molecule has 5 rings (SSSR count). The van der Waals surface area contributed by atoms with E-state index in [4.69, 9.17) is 14.2 Å². The van der Waals surface area contributed by atoms with Crippen molar-refractivity contribution in [1.82, 2.24) is 10.2 Å². The number of rotatable bonds is 26. The molecule has 0 atom stereocenters. The second-order valence-corrected chi connectivity index (χ2v) is 18.1. The number of carbonyl (C=O) groups is 3. The average molecular weight is 918 g/mol. The van der Waals surface area contributed by atoms with E-state index in [1.165, 1.54) is 110 Å². The van der Waals surface area contributed by atoms with Crippen LogP contribution in [0.3, 0.4) is 0 Å². The molecule has 2 amide bonds. The number of esters is 1. The van der Waals surface area contributed by atoms with Crippen LogP contribution in [0.15, 0.2) is 81.5 Å². The highest BCUT2D eigenvalue weighted by atomic mass is 32.2. The lowest BCUT2D eigenvalue weighted by Gasteiger charge is -2.24. The molecule has 0 saturated heterocycles. The first-order chi connectivity index (χ1) is 30.6. The maximum Gasteiger partial charge on any atom is 0.420 e. The minimum atomic E-state index is -0.824. The van der Waals surface area contributed by atoms with Gasteiger partial charge in [-0.25, -0.2) is 4.79 Å². The van der Waals surface area contributed by atoms with Crippen LogP contribution in [-0.4, -0.2) is 64.2 Å². The second kappa shape index (κ2) is 25.7. The number of amides is 2. The third kappa shape index (κ3) is 14.6. The lowest BCUT2D eigenvalue weighted by Crippen LogP contribution is -2.34. The van der Waals surface area contributed by atoms with Gasteiger partial charge in [0.2, 0.25) is 5.75 Å². The molecule has 0 aliphatic carbocycles. The number of phenols is 1. The molecule has 0 spiro atoms. The summed E-state index contributed by atoms with van der Waals surface area (Å²) in [4.78, 5) is 52.6. The van der Waals surface area contributed by atoms with E-state index in [2.05, 4.69) is 22.4 Å². The summed E-state index contributed by atoms with van der Waals surface area (Å²) >= 11 is 3.86. The smallest absolute Gasteiger partial charge is 0.420 e. The van der Waals surface area contributed by atoms with E-state index in [1.54, 1.807) is 61.5 Å². The number of benzene rings is 4. The molecule has 14 nitrogen and oxygen atoms in total. The number of para-hydroxylation sites is 2. The lowest BCUT2D eigenvalue weighted by atomic mass is 10.0. The Bertz CT molecular complexity index is 2310. The average Bonchev–Trinajstić information content (AvgIpc) is 3.75. The van der Waals surface area contributed by atoms with Gasteiger partial charge < -0.3 is 24.6 Å². The number of ether oxygens (including phenoxy) is 3. The normalized spacial score (nSPS) is 11.0. The standard InChI is InChI=1S/C46H55N5O9S3/c1-4-6-7-8-9-10-11-12-13-14-15-18-28-50(37-22-19-20-34-33(37)25-26-35(42(34)53)43(54)47-36-21-16-17-23-39(36)58-3)46(55)60-40-27-24-32(29-38(40)51(56)57)30-61-44-48-49-45(63-44)62-31-41(52)59-5-2/h16-17,19-27,29,53H,4-15,18,28,30-31H2,1-3H3,(H,47,54). The molecule has 63 heavy (non-hydrogen) atoms. The number of hydrogen-bond donors (Lipinski definition) is 2. The zero-order valence-electron chi connectivity index (χ0n) is 36.0. The number of thioether (sulfide) groups is 2. The predicted octanol–water partition coefficient (Wildman–Crippen LogP) is 12.2. The van der Waals surface area contributed by atoms with Crippen LogP contribution in [0.2, 0.25) is 0 Å². The number of aromatic nitrogens is 2. The van der Waals surface area contributed by atoms with E-state index in [-0.39, 0.29) is 41.0 Å². The van der Waals surface area contributed by atoms with Gasteiger partial charge in [-0.1, -0.05) is 149 Å². The molecule has 0 aliphatic rings. The lowest BCUT2D eigenvalue weighted by molar-refractivity contribution is -0.385.